The van der Waals surface area contributed by atoms with Crippen molar-refractivity contribution in [1.82, 2.24) is 10.6 Å². The maximum atomic E-state index is 11.3. The molecule has 4 nitrogen and oxygen atoms in total. The van der Waals surface area contributed by atoms with Crippen LogP contribution in [0.4, 0.5) is 4.79 Å². The van der Waals surface area contributed by atoms with Gasteiger partial charge in [0, 0.05) is 6.54 Å². The summed E-state index contributed by atoms with van der Waals surface area (Å²) in [5.74, 6) is 0. The first-order chi connectivity index (χ1) is 7.22. The second-order valence-electron chi connectivity index (χ2n) is 3.40. The minimum absolute atomic E-state index is 0.0568. The van der Waals surface area contributed by atoms with E-state index in [2.05, 4.69) is 10.6 Å². The summed E-state index contributed by atoms with van der Waals surface area (Å²) in [5, 5.41) is 14.0. The van der Waals surface area contributed by atoms with E-state index in [-0.39, 0.29) is 18.7 Å². The summed E-state index contributed by atoms with van der Waals surface area (Å²) in [4.78, 5) is 11.3. The average molecular weight is 208 g/mol. The predicted molar refractivity (Wildman–Crippen MR) is 58.4 cm³/mol. The molecule has 0 aliphatic carbocycles. The molecule has 0 saturated carbocycles. The van der Waals surface area contributed by atoms with Gasteiger partial charge in [0.15, 0.2) is 0 Å². The SMILES string of the molecule is C[C@@H](CO)NC(=O)NCc1ccccc1. The zero-order valence-corrected chi connectivity index (χ0v) is 8.73. The first kappa shape index (κ1) is 11.5. The Balaban J connectivity index is 2.29. The van der Waals surface area contributed by atoms with Gasteiger partial charge in [0.1, 0.15) is 0 Å². The highest BCUT2D eigenvalue weighted by molar-refractivity contribution is 5.74. The van der Waals surface area contributed by atoms with Crippen molar-refractivity contribution in [3.63, 3.8) is 0 Å². The van der Waals surface area contributed by atoms with Gasteiger partial charge in [-0.2, -0.15) is 0 Å². The summed E-state index contributed by atoms with van der Waals surface area (Å²) in [6.45, 7) is 2.17. The van der Waals surface area contributed by atoms with Crippen molar-refractivity contribution in [2.24, 2.45) is 0 Å². The quantitative estimate of drug-likeness (QED) is 0.687. The summed E-state index contributed by atoms with van der Waals surface area (Å²) in [6.07, 6.45) is 0. The van der Waals surface area contributed by atoms with Crippen molar-refractivity contribution < 1.29 is 9.90 Å². The lowest BCUT2D eigenvalue weighted by molar-refractivity contribution is 0.220. The first-order valence-corrected chi connectivity index (χ1v) is 4.91. The van der Waals surface area contributed by atoms with E-state index >= 15 is 0 Å². The van der Waals surface area contributed by atoms with Crippen LogP contribution in [0.5, 0.6) is 0 Å². The van der Waals surface area contributed by atoms with E-state index in [0.717, 1.165) is 5.56 Å². The molecule has 82 valence electrons. The number of urea groups is 1. The second-order valence-corrected chi connectivity index (χ2v) is 3.40. The van der Waals surface area contributed by atoms with Gasteiger partial charge >= 0.3 is 6.03 Å². The molecule has 1 aromatic rings. The fourth-order valence-corrected chi connectivity index (χ4v) is 1.10. The van der Waals surface area contributed by atoms with E-state index in [4.69, 9.17) is 5.11 Å². The molecule has 0 fully saturated rings. The van der Waals surface area contributed by atoms with E-state index in [1.54, 1.807) is 6.92 Å². The van der Waals surface area contributed by atoms with Crippen LogP contribution in [0.2, 0.25) is 0 Å². The summed E-state index contributed by atoms with van der Waals surface area (Å²) in [7, 11) is 0. The lowest BCUT2D eigenvalue weighted by Crippen LogP contribution is -2.41. The lowest BCUT2D eigenvalue weighted by Gasteiger charge is -2.11. The second kappa shape index (κ2) is 6.03. The molecule has 0 aliphatic heterocycles. The Labute approximate surface area is 89.3 Å². The normalized spacial score (nSPS) is 11.9. The Hall–Kier alpha value is -1.55. The van der Waals surface area contributed by atoms with Crippen molar-refractivity contribution in [3.8, 4) is 0 Å². The number of hydrogen-bond acceptors (Lipinski definition) is 2. The number of carbonyl (C=O) groups is 1. The number of aliphatic hydroxyl groups excluding tert-OH is 1. The molecule has 0 radical (unpaired) electrons. The third-order valence-corrected chi connectivity index (χ3v) is 1.95. The van der Waals surface area contributed by atoms with Crippen LogP contribution in [0.1, 0.15) is 12.5 Å². The van der Waals surface area contributed by atoms with Gasteiger partial charge in [-0.1, -0.05) is 30.3 Å². The van der Waals surface area contributed by atoms with Crippen LogP contribution in [-0.2, 0) is 6.54 Å². The zero-order chi connectivity index (χ0) is 11.1. The number of nitrogens with one attached hydrogen (secondary N) is 2. The molecule has 2 amide bonds. The maximum absolute atomic E-state index is 11.3. The third-order valence-electron chi connectivity index (χ3n) is 1.95. The van der Waals surface area contributed by atoms with Crippen LogP contribution in [0.3, 0.4) is 0 Å². The summed E-state index contributed by atoms with van der Waals surface area (Å²) >= 11 is 0. The van der Waals surface area contributed by atoms with Gasteiger partial charge in [-0.05, 0) is 12.5 Å². The third kappa shape index (κ3) is 4.46. The highest BCUT2D eigenvalue weighted by atomic mass is 16.3. The highest BCUT2D eigenvalue weighted by Crippen LogP contribution is 1.96. The Bertz CT molecular complexity index is 301. The number of rotatable bonds is 4. The molecule has 0 heterocycles. The van der Waals surface area contributed by atoms with Gasteiger partial charge in [-0.3, -0.25) is 0 Å². The monoisotopic (exact) mass is 208 g/mol. The van der Waals surface area contributed by atoms with E-state index in [0.29, 0.717) is 6.54 Å². The first-order valence-electron chi connectivity index (χ1n) is 4.91. The van der Waals surface area contributed by atoms with E-state index in [9.17, 15) is 4.79 Å². The molecule has 4 heteroatoms. The van der Waals surface area contributed by atoms with Crippen molar-refractivity contribution >= 4 is 6.03 Å². The molecule has 0 bridgehead atoms. The lowest BCUT2D eigenvalue weighted by atomic mass is 10.2. The van der Waals surface area contributed by atoms with E-state index in [1.807, 2.05) is 30.3 Å². The van der Waals surface area contributed by atoms with Crippen LogP contribution in [0.15, 0.2) is 30.3 Å². The van der Waals surface area contributed by atoms with Crippen LogP contribution in [-0.4, -0.2) is 23.8 Å². The fourth-order valence-electron chi connectivity index (χ4n) is 1.10. The number of amides is 2. The summed E-state index contributed by atoms with van der Waals surface area (Å²) in [5.41, 5.74) is 1.05. The minimum atomic E-state index is -0.264. The van der Waals surface area contributed by atoms with Crippen molar-refractivity contribution in [2.45, 2.75) is 19.5 Å². The van der Waals surface area contributed by atoms with Gasteiger partial charge in [0.25, 0.3) is 0 Å². The van der Waals surface area contributed by atoms with E-state index < -0.39 is 0 Å². The number of aliphatic hydroxyl groups is 1. The smallest absolute Gasteiger partial charge is 0.315 e. The average Bonchev–Trinajstić information content (AvgIpc) is 2.27. The van der Waals surface area contributed by atoms with Gasteiger partial charge in [0.2, 0.25) is 0 Å². The van der Waals surface area contributed by atoms with Gasteiger partial charge in [-0.25, -0.2) is 4.79 Å². The molecule has 1 aromatic carbocycles. The number of benzene rings is 1. The van der Waals surface area contributed by atoms with Gasteiger partial charge < -0.3 is 15.7 Å². The Morgan fingerprint density at radius 3 is 2.67 bits per heavy atom. The Morgan fingerprint density at radius 2 is 2.07 bits per heavy atom. The standard InChI is InChI=1S/C11H16N2O2/c1-9(8-14)13-11(15)12-7-10-5-3-2-4-6-10/h2-6,9,14H,7-8H2,1H3,(H2,12,13,15)/t9-/m0/s1. The molecule has 0 aromatic heterocycles. The van der Waals surface area contributed by atoms with Crippen LogP contribution >= 0.6 is 0 Å². The highest BCUT2D eigenvalue weighted by Gasteiger charge is 2.04. The molecule has 0 aliphatic rings. The molecule has 1 rings (SSSR count). The fraction of sp³-hybridized carbons (Fsp3) is 0.364. The molecular formula is C11H16N2O2. The molecule has 15 heavy (non-hydrogen) atoms. The van der Waals surface area contributed by atoms with Crippen LogP contribution in [0.25, 0.3) is 0 Å². The molecule has 0 spiro atoms. The largest absolute Gasteiger partial charge is 0.394 e. The molecule has 3 N–H and O–H groups in total. The number of carbonyl (C=O) groups excluding carboxylic acids is 1. The maximum Gasteiger partial charge on any atom is 0.315 e. The Kier molecular flexibility index (Phi) is 4.63. The van der Waals surface area contributed by atoms with Crippen molar-refractivity contribution in [3.05, 3.63) is 35.9 Å². The van der Waals surface area contributed by atoms with Gasteiger partial charge in [0.05, 0.1) is 12.6 Å². The van der Waals surface area contributed by atoms with Crippen LogP contribution in [0, 0.1) is 0 Å². The van der Waals surface area contributed by atoms with E-state index in [1.165, 1.54) is 0 Å². The molecule has 0 unspecified atom stereocenters. The molecule has 1 atom stereocenters. The van der Waals surface area contributed by atoms with Crippen LogP contribution < -0.4 is 10.6 Å². The zero-order valence-electron chi connectivity index (χ0n) is 8.73. The minimum Gasteiger partial charge on any atom is -0.394 e. The van der Waals surface area contributed by atoms with Crippen molar-refractivity contribution in [2.75, 3.05) is 6.61 Å². The Morgan fingerprint density at radius 1 is 1.40 bits per heavy atom. The molecular weight excluding hydrogens is 192 g/mol. The number of hydrogen-bond donors (Lipinski definition) is 3. The van der Waals surface area contributed by atoms with Gasteiger partial charge in [-0.15, -0.1) is 0 Å². The van der Waals surface area contributed by atoms with Crippen molar-refractivity contribution in [1.29, 1.82) is 0 Å². The topological polar surface area (TPSA) is 61.4 Å². The molecule has 0 saturated heterocycles. The summed E-state index contributed by atoms with van der Waals surface area (Å²) in [6, 6.07) is 9.17. The predicted octanol–water partition coefficient (Wildman–Crippen LogP) is 0.867. The summed E-state index contributed by atoms with van der Waals surface area (Å²) < 4.78 is 0.